The van der Waals surface area contributed by atoms with Crippen molar-refractivity contribution >= 4 is 36.0 Å². The van der Waals surface area contributed by atoms with Gasteiger partial charge in [0.15, 0.2) is 0 Å². The van der Waals surface area contributed by atoms with Crippen molar-refractivity contribution in [3.8, 4) is 0 Å². The van der Waals surface area contributed by atoms with Gasteiger partial charge in [-0.25, -0.2) is 0 Å². The van der Waals surface area contributed by atoms with Crippen LogP contribution in [0.3, 0.4) is 0 Å². The highest BCUT2D eigenvalue weighted by atomic mass is 35.5. The van der Waals surface area contributed by atoms with Crippen LogP contribution in [-0.2, 0) is 9.59 Å². The Balaban J connectivity index is 0.00000225. The Morgan fingerprint density at radius 2 is 1.56 bits per heavy atom. The summed E-state index contributed by atoms with van der Waals surface area (Å²) < 4.78 is 0. The number of rotatable bonds is 4. The van der Waals surface area contributed by atoms with Gasteiger partial charge in [-0.05, 0) is 25.2 Å². The van der Waals surface area contributed by atoms with E-state index >= 15 is 0 Å². The van der Waals surface area contributed by atoms with Crippen molar-refractivity contribution in [1.29, 1.82) is 0 Å². The molecule has 3 aliphatic rings. The van der Waals surface area contributed by atoms with Gasteiger partial charge in [0.05, 0.1) is 0 Å². The van der Waals surface area contributed by atoms with E-state index in [9.17, 15) is 9.59 Å². The molecule has 2 saturated heterocycles. The van der Waals surface area contributed by atoms with Crippen LogP contribution in [0.5, 0.6) is 0 Å². The van der Waals surface area contributed by atoms with E-state index in [1.165, 1.54) is 25.7 Å². The molecular formula is C18H32ClN3O2S. The molecule has 0 radical (unpaired) electrons. The molecule has 5 nitrogen and oxygen atoms in total. The molecule has 0 aromatic carbocycles. The molecular weight excluding hydrogens is 358 g/mol. The Kier molecular flexibility index (Phi) is 8.87. The van der Waals surface area contributed by atoms with Crippen molar-refractivity contribution in [3.63, 3.8) is 0 Å². The first-order valence-corrected chi connectivity index (χ1v) is 10.7. The summed E-state index contributed by atoms with van der Waals surface area (Å²) in [6.07, 6.45) is 7.24. The third kappa shape index (κ3) is 6.33. The van der Waals surface area contributed by atoms with E-state index < -0.39 is 0 Å². The van der Waals surface area contributed by atoms with E-state index in [1.54, 1.807) is 0 Å². The summed E-state index contributed by atoms with van der Waals surface area (Å²) in [5.41, 5.74) is 0. The summed E-state index contributed by atoms with van der Waals surface area (Å²) in [5, 5.41) is 3.44. The first kappa shape index (κ1) is 20.8. The van der Waals surface area contributed by atoms with E-state index in [1.807, 2.05) is 21.6 Å². The quantitative estimate of drug-likeness (QED) is 0.800. The van der Waals surface area contributed by atoms with Gasteiger partial charge in [-0.1, -0.05) is 12.8 Å². The standard InChI is InChI=1S/C18H31N3O2S.ClH/c22-17(12-15-4-1-2-5-15)20-7-3-8-21(10-9-20)18(23)13-16-14-24-11-6-19-16;/h15-16,19H,1-14H2;1H. The van der Waals surface area contributed by atoms with Crippen molar-refractivity contribution in [2.24, 2.45) is 5.92 Å². The molecule has 1 saturated carbocycles. The normalized spacial score (nSPS) is 25.4. The molecule has 0 bridgehead atoms. The van der Waals surface area contributed by atoms with Crippen LogP contribution in [0, 0.1) is 5.92 Å². The summed E-state index contributed by atoms with van der Waals surface area (Å²) in [4.78, 5) is 29.0. The van der Waals surface area contributed by atoms with E-state index in [0.29, 0.717) is 37.4 Å². The molecule has 2 heterocycles. The number of amides is 2. The predicted octanol–water partition coefficient (Wildman–Crippen LogP) is 2.14. The lowest BCUT2D eigenvalue weighted by atomic mass is 10.0. The molecule has 0 spiro atoms. The first-order valence-electron chi connectivity index (χ1n) is 9.59. The van der Waals surface area contributed by atoms with Crippen molar-refractivity contribution in [1.82, 2.24) is 15.1 Å². The van der Waals surface area contributed by atoms with E-state index in [-0.39, 0.29) is 18.3 Å². The number of thioether (sulfide) groups is 1. The monoisotopic (exact) mass is 389 g/mol. The van der Waals surface area contributed by atoms with E-state index in [0.717, 1.165) is 44.0 Å². The Hall–Kier alpha value is -0.460. The average molecular weight is 390 g/mol. The molecule has 0 aromatic rings. The van der Waals surface area contributed by atoms with Crippen LogP contribution in [0.4, 0.5) is 0 Å². The highest BCUT2D eigenvalue weighted by Gasteiger charge is 2.26. The molecule has 1 atom stereocenters. The molecule has 2 amide bonds. The lowest BCUT2D eigenvalue weighted by Crippen LogP contribution is -2.43. The maximum Gasteiger partial charge on any atom is 0.224 e. The zero-order valence-electron chi connectivity index (χ0n) is 15.1. The number of nitrogens with one attached hydrogen (secondary N) is 1. The van der Waals surface area contributed by atoms with Crippen LogP contribution in [0.25, 0.3) is 0 Å². The van der Waals surface area contributed by atoms with Gasteiger partial charge in [0.2, 0.25) is 11.8 Å². The van der Waals surface area contributed by atoms with Gasteiger partial charge in [0, 0.05) is 63.1 Å². The lowest BCUT2D eigenvalue weighted by molar-refractivity contribution is -0.134. The fourth-order valence-corrected chi connectivity index (χ4v) is 5.05. The van der Waals surface area contributed by atoms with Gasteiger partial charge in [-0.2, -0.15) is 11.8 Å². The van der Waals surface area contributed by atoms with Crippen molar-refractivity contribution in [2.45, 2.75) is 51.0 Å². The molecule has 7 heteroatoms. The third-order valence-corrected chi connectivity index (χ3v) is 6.69. The Bertz CT molecular complexity index is 440. The van der Waals surface area contributed by atoms with Gasteiger partial charge >= 0.3 is 0 Å². The topological polar surface area (TPSA) is 52.7 Å². The minimum atomic E-state index is 0. The van der Waals surface area contributed by atoms with Crippen molar-refractivity contribution < 1.29 is 9.59 Å². The summed E-state index contributed by atoms with van der Waals surface area (Å²) in [6.45, 7) is 4.03. The molecule has 3 fully saturated rings. The van der Waals surface area contributed by atoms with Gasteiger partial charge in [0.25, 0.3) is 0 Å². The number of hydrogen-bond acceptors (Lipinski definition) is 4. The van der Waals surface area contributed by atoms with Gasteiger partial charge in [-0.15, -0.1) is 12.4 Å². The molecule has 3 rings (SSSR count). The van der Waals surface area contributed by atoms with Crippen LogP contribution in [0.2, 0.25) is 0 Å². The minimum absolute atomic E-state index is 0. The Labute approximate surface area is 162 Å². The average Bonchev–Trinajstić information content (AvgIpc) is 2.96. The summed E-state index contributed by atoms with van der Waals surface area (Å²) in [7, 11) is 0. The number of carbonyl (C=O) groups is 2. The largest absolute Gasteiger partial charge is 0.341 e. The number of nitrogens with zero attached hydrogens (tertiary/aromatic N) is 2. The molecule has 0 aromatic heterocycles. The van der Waals surface area contributed by atoms with E-state index in [4.69, 9.17) is 0 Å². The molecule has 1 unspecified atom stereocenters. The Morgan fingerprint density at radius 3 is 2.16 bits per heavy atom. The Morgan fingerprint density at radius 1 is 0.920 bits per heavy atom. The molecule has 25 heavy (non-hydrogen) atoms. The van der Waals surface area contributed by atoms with Gasteiger partial charge in [-0.3, -0.25) is 9.59 Å². The maximum atomic E-state index is 12.5. The second-order valence-corrected chi connectivity index (χ2v) is 8.55. The number of hydrogen-bond donors (Lipinski definition) is 1. The minimum Gasteiger partial charge on any atom is -0.341 e. The van der Waals surface area contributed by atoms with Crippen LogP contribution in [0.15, 0.2) is 0 Å². The zero-order chi connectivity index (χ0) is 16.8. The summed E-state index contributed by atoms with van der Waals surface area (Å²) in [6, 6.07) is 0.319. The highest BCUT2D eigenvalue weighted by Crippen LogP contribution is 2.28. The number of carbonyl (C=O) groups excluding carboxylic acids is 2. The fraction of sp³-hybridized carbons (Fsp3) is 0.889. The zero-order valence-corrected chi connectivity index (χ0v) is 16.7. The third-order valence-electron chi connectivity index (χ3n) is 5.56. The van der Waals surface area contributed by atoms with Gasteiger partial charge in [0.1, 0.15) is 0 Å². The lowest BCUT2D eigenvalue weighted by Gasteiger charge is -2.27. The van der Waals surface area contributed by atoms with Crippen molar-refractivity contribution in [3.05, 3.63) is 0 Å². The summed E-state index contributed by atoms with van der Waals surface area (Å²) in [5.74, 6) is 3.34. The molecule has 1 aliphatic carbocycles. The molecule has 1 N–H and O–H groups in total. The second kappa shape index (κ2) is 10.6. The summed E-state index contributed by atoms with van der Waals surface area (Å²) >= 11 is 1.93. The first-order chi connectivity index (χ1) is 11.7. The molecule has 144 valence electrons. The fourth-order valence-electron chi connectivity index (χ4n) is 4.10. The predicted molar refractivity (Wildman–Crippen MR) is 105 cm³/mol. The van der Waals surface area contributed by atoms with E-state index in [2.05, 4.69) is 5.32 Å². The van der Waals surface area contributed by atoms with Crippen LogP contribution >= 0.6 is 24.2 Å². The SMILES string of the molecule is Cl.O=C(CC1CCCC1)N1CCCN(C(=O)CC2CSCCN2)CC1. The smallest absolute Gasteiger partial charge is 0.224 e. The van der Waals surface area contributed by atoms with Crippen LogP contribution in [0.1, 0.15) is 44.9 Å². The van der Waals surface area contributed by atoms with Gasteiger partial charge < -0.3 is 15.1 Å². The highest BCUT2D eigenvalue weighted by molar-refractivity contribution is 7.99. The number of halogens is 1. The van der Waals surface area contributed by atoms with Crippen LogP contribution < -0.4 is 5.32 Å². The molecule has 2 aliphatic heterocycles. The van der Waals surface area contributed by atoms with Crippen molar-refractivity contribution in [2.75, 3.05) is 44.2 Å². The second-order valence-electron chi connectivity index (χ2n) is 7.40. The van der Waals surface area contributed by atoms with Crippen LogP contribution in [-0.4, -0.2) is 71.9 Å². The maximum absolute atomic E-state index is 12.5.